The SMILES string of the molecule is Cc1cccc(OCCNC(=O)C(C)N2C[C@@H]3CCC[C@@]3(C(=O)O)C2)c1.Cl. The highest BCUT2D eigenvalue weighted by atomic mass is 35.5. The molecule has 1 aromatic carbocycles. The molecule has 150 valence electrons. The van der Waals surface area contributed by atoms with Crippen LogP contribution in [-0.2, 0) is 9.59 Å². The van der Waals surface area contributed by atoms with Gasteiger partial charge in [0.1, 0.15) is 12.4 Å². The van der Waals surface area contributed by atoms with Gasteiger partial charge in [-0.1, -0.05) is 18.6 Å². The minimum absolute atomic E-state index is 0. The Morgan fingerprint density at radius 1 is 1.44 bits per heavy atom. The first-order valence-electron chi connectivity index (χ1n) is 9.37. The molecule has 3 atom stereocenters. The average Bonchev–Trinajstić information content (AvgIpc) is 3.16. The van der Waals surface area contributed by atoms with Crippen LogP contribution in [0.5, 0.6) is 5.75 Å². The summed E-state index contributed by atoms with van der Waals surface area (Å²) in [7, 11) is 0. The van der Waals surface area contributed by atoms with Crippen LogP contribution < -0.4 is 10.1 Å². The summed E-state index contributed by atoms with van der Waals surface area (Å²) in [5.41, 5.74) is 0.482. The standard InChI is InChI=1S/C20H28N2O4.ClH/c1-14-5-3-7-17(11-14)26-10-9-21-18(23)15(2)22-12-16-6-4-8-20(16,13-22)19(24)25;/h3,5,7,11,15-16H,4,6,8-10,12-13H2,1-2H3,(H,21,23)(H,24,25);1H/t15?,16-,20+;/m0./s1. The molecule has 1 aromatic rings. The normalized spacial score (nSPS) is 25.3. The van der Waals surface area contributed by atoms with Crippen LogP contribution in [0, 0.1) is 18.3 Å². The molecule has 1 saturated carbocycles. The van der Waals surface area contributed by atoms with Gasteiger partial charge in [-0.15, -0.1) is 12.4 Å². The van der Waals surface area contributed by atoms with Crippen molar-refractivity contribution in [3.8, 4) is 5.75 Å². The fourth-order valence-electron chi connectivity index (χ4n) is 4.33. The molecule has 7 heteroatoms. The number of amides is 1. The fraction of sp³-hybridized carbons (Fsp3) is 0.600. The number of hydrogen-bond acceptors (Lipinski definition) is 4. The van der Waals surface area contributed by atoms with Gasteiger partial charge in [-0.2, -0.15) is 0 Å². The third-order valence-electron chi connectivity index (χ3n) is 5.91. The van der Waals surface area contributed by atoms with E-state index in [1.54, 1.807) is 0 Å². The Hall–Kier alpha value is -1.79. The molecule has 0 radical (unpaired) electrons. The Kier molecular flexibility index (Phi) is 7.12. The van der Waals surface area contributed by atoms with E-state index in [1.807, 2.05) is 43.0 Å². The number of carboxylic acids is 1. The lowest BCUT2D eigenvalue weighted by atomic mass is 9.81. The minimum atomic E-state index is -0.707. The minimum Gasteiger partial charge on any atom is -0.492 e. The number of fused-ring (bicyclic) bond motifs is 1. The zero-order chi connectivity index (χ0) is 18.7. The van der Waals surface area contributed by atoms with Crippen molar-refractivity contribution in [1.82, 2.24) is 10.2 Å². The number of aliphatic carboxylic acids is 1. The van der Waals surface area contributed by atoms with E-state index >= 15 is 0 Å². The van der Waals surface area contributed by atoms with Gasteiger partial charge in [0.25, 0.3) is 0 Å². The third kappa shape index (κ3) is 4.55. The van der Waals surface area contributed by atoms with Crippen molar-refractivity contribution in [1.29, 1.82) is 0 Å². The number of benzene rings is 1. The number of ether oxygens (including phenoxy) is 1. The lowest BCUT2D eigenvalue weighted by molar-refractivity contribution is -0.149. The van der Waals surface area contributed by atoms with Gasteiger partial charge in [-0.3, -0.25) is 14.5 Å². The molecule has 0 spiro atoms. The van der Waals surface area contributed by atoms with Crippen molar-refractivity contribution in [2.45, 2.75) is 39.2 Å². The average molecular weight is 397 g/mol. The summed E-state index contributed by atoms with van der Waals surface area (Å²) in [4.78, 5) is 26.2. The first-order valence-corrected chi connectivity index (χ1v) is 9.37. The molecular weight excluding hydrogens is 368 g/mol. The molecule has 0 bridgehead atoms. The van der Waals surface area contributed by atoms with E-state index in [4.69, 9.17) is 4.74 Å². The van der Waals surface area contributed by atoms with Gasteiger partial charge in [0.2, 0.25) is 5.91 Å². The van der Waals surface area contributed by atoms with Gasteiger partial charge < -0.3 is 15.2 Å². The zero-order valence-electron chi connectivity index (χ0n) is 15.9. The van der Waals surface area contributed by atoms with E-state index in [2.05, 4.69) is 5.32 Å². The topological polar surface area (TPSA) is 78.9 Å². The van der Waals surface area contributed by atoms with E-state index in [0.29, 0.717) is 26.2 Å². The maximum absolute atomic E-state index is 12.4. The van der Waals surface area contributed by atoms with Gasteiger partial charge in [-0.05, 0) is 50.3 Å². The number of carboxylic acid groups (broad SMARTS) is 1. The summed E-state index contributed by atoms with van der Waals surface area (Å²) in [5, 5.41) is 12.6. The first-order chi connectivity index (χ1) is 12.4. The largest absolute Gasteiger partial charge is 0.492 e. The van der Waals surface area contributed by atoms with Crippen LogP contribution >= 0.6 is 12.4 Å². The number of aryl methyl sites for hydroxylation is 1. The summed E-state index contributed by atoms with van der Waals surface area (Å²) >= 11 is 0. The summed E-state index contributed by atoms with van der Waals surface area (Å²) in [6.07, 6.45) is 2.64. The predicted molar refractivity (Wildman–Crippen MR) is 105 cm³/mol. The van der Waals surface area contributed by atoms with E-state index in [9.17, 15) is 14.7 Å². The van der Waals surface area contributed by atoms with Crippen molar-refractivity contribution in [3.63, 3.8) is 0 Å². The fourth-order valence-corrected chi connectivity index (χ4v) is 4.33. The van der Waals surface area contributed by atoms with Crippen LogP contribution in [-0.4, -0.2) is 54.2 Å². The molecule has 27 heavy (non-hydrogen) atoms. The molecule has 2 fully saturated rings. The van der Waals surface area contributed by atoms with Crippen LogP contribution in [0.15, 0.2) is 24.3 Å². The quantitative estimate of drug-likeness (QED) is 0.692. The molecule has 1 amide bonds. The van der Waals surface area contributed by atoms with E-state index in [1.165, 1.54) is 0 Å². The van der Waals surface area contributed by atoms with Gasteiger partial charge in [0, 0.05) is 13.1 Å². The Labute approximate surface area is 166 Å². The van der Waals surface area contributed by atoms with Gasteiger partial charge in [-0.25, -0.2) is 0 Å². The molecule has 6 nitrogen and oxygen atoms in total. The lowest BCUT2D eigenvalue weighted by Gasteiger charge is -2.26. The molecule has 0 aromatic heterocycles. The third-order valence-corrected chi connectivity index (χ3v) is 5.91. The second kappa shape index (κ2) is 8.93. The molecule has 3 rings (SSSR count). The molecular formula is C20H29ClN2O4. The van der Waals surface area contributed by atoms with Crippen molar-refractivity contribution < 1.29 is 19.4 Å². The van der Waals surface area contributed by atoms with Crippen molar-refractivity contribution in [2.75, 3.05) is 26.2 Å². The summed E-state index contributed by atoms with van der Waals surface area (Å²) in [6, 6.07) is 7.47. The van der Waals surface area contributed by atoms with E-state index in [-0.39, 0.29) is 30.3 Å². The van der Waals surface area contributed by atoms with Crippen LogP contribution in [0.3, 0.4) is 0 Å². The molecule has 2 aliphatic rings. The lowest BCUT2D eigenvalue weighted by Crippen LogP contribution is -2.46. The van der Waals surface area contributed by atoms with Crippen molar-refractivity contribution >= 4 is 24.3 Å². The Balaban J connectivity index is 0.00000261. The molecule has 1 aliphatic heterocycles. The number of halogens is 1. The van der Waals surface area contributed by atoms with Crippen molar-refractivity contribution in [2.24, 2.45) is 11.3 Å². The molecule has 1 aliphatic carbocycles. The number of likely N-dealkylation sites (tertiary alicyclic amines) is 1. The number of nitrogens with zero attached hydrogens (tertiary/aromatic N) is 1. The Bertz CT molecular complexity index is 684. The maximum atomic E-state index is 12.4. The summed E-state index contributed by atoms with van der Waals surface area (Å²) in [5.74, 6) is 0.183. The van der Waals surface area contributed by atoms with Gasteiger partial charge in [0.05, 0.1) is 18.0 Å². The highest BCUT2D eigenvalue weighted by Crippen LogP contribution is 2.49. The van der Waals surface area contributed by atoms with E-state index in [0.717, 1.165) is 30.6 Å². The monoisotopic (exact) mass is 396 g/mol. The van der Waals surface area contributed by atoms with Crippen LogP contribution in [0.1, 0.15) is 31.7 Å². The van der Waals surface area contributed by atoms with Crippen LogP contribution in [0.25, 0.3) is 0 Å². The first kappa shape index (κ1) is 21.5. The van der Waals surface area contributed by atoms with Gasteiger partial charge >= 0.3 is 5.97 Å². The van der Waals surface area contributed by atoms with Crippen molar-refractivity contribution in [3.05, 3.63) is 29.8 Å². The molecule has 1 heterocycles. The molecule has 1 unspecified atom stereocenters. The number of nitrogens with one attached hydrogen (secondary N) is 1. The number of rotatable bonds is 7. The number of hydrogen-bond donors (Lipinski definition) is 2. The Morgan fingerprint density at radius 2 is 2.22 bits per heavy atom. The van der Waals surface area contributed by atoms with Gasteiger partial charge in [0.15, 0.2) is 0 Å². The van der Waals surface area contributed by atoms with Crippen LogP contribution in [0.2, 0.25) is 0 Å². The smallest absolute Gasteiger partial charge is 0.311 e. The Morgan fingerprint density at radius 3 is 2.89 bits per heavy atom. The summed E-state index contributed by atoms with van der Waals surface area (Å²) in [6.45, 7) is 5.86. The highest BCUT2D eigenvalue weighted by molar-refractivity contribution is 5.85. The second-order valence-corrected chi connectivity index (χ2v) is 7.61. The summed E-state index contributed by atoms with van der Waals surface area (Å²) < 4.78 is 5.64. The second-order valence-electron chi connectivity index (χ2n) is 7.61. The predicted octanol–water partition coefficient (Wildman–Crippen LogP) is 2.49. The highest BCUT2D eigenvalue weighted by Gasteiger charge is 2.55. The molecule has 2 N–H and O–H groups in total. The maximum Gasteiger partial charge on any atom is 0.311 e. The zero-order valence-corrected chi connectivity index (χ0v) is 16.8. The number of carbonyl (C=O) groups is 2. The van der Waals surface area contributed by atoms with Crippen LogP contribution in [0.4, 0.5) is 0 Å². The number of carbonyl (C=O) groups excluding carboxylic acids is 1. The van der Waals surface area contributed by atoms with E-state index < -0.39 is 11.4 Å². The molecule has 1 saturated heterocycles.